The topological polar surface area (TPSA) is 46.5 Å². The van der Waals surface area contributed by atoms with Crippen molar-refractivity contribution in [2.24, 2.45) is 5.92 Å². The number of benzene rings is 1. The molecule has 0 spiro atoms. The van der Waals surface area contributed by atoms with Crippen LogP contribution in [0.25, 0.3) is 5.76 Å². The van der Waals surface area contributed by atoms with E-state index in [4.69, 9.17) is 21.4 Å². The number of ether oxygens (including phenoxy) is 1. The Morgan fingerprint density at radius 2 is 2.13 bits per heavy atom. The fourth-order valence-corrected chi connectivity index (χ4v) is 1.63. The van der Waals surface area contributed by atoms with Crippen LogP contribution >= 0.6 is 11.6 Å². The second-order valence-electron chi connectivity index (χ2n) is 3.22. The molecule has 0 radical (unpaired) electrons. The summed E-state index contributed by atoms with van der Waals surface area (Å²) >= 11 is 5.95. The summed E-state index contributed by atoms with van der Waals surface area (Å²) in [6.45, 7) is -0.243. The summed E-state index contributed by atoms with van der Waals surface area (Å²) < 4.78 is 5.01. The number of halogens is 1. The summed E-state index contributed by atoms with van der Waals surface area (Å²) in [6.07, 6.45) is 1.59. The molecule has 1 aromatic carbocycles. The Kier molecular flexibility index (Phi) is 2.75. The highest BCUT2D eigenvalue weighted by molar-refractivity contribution is 6.32. The zero-order valence-electron chi connectivity index (χ0n) is 7.81. The Bertz CT molecular complexity index is 426. The molecule has 2 rings (SSSR count). The molecule has 0 aliphatic carbocycles. The van der Waals surface area contributed by atoms with Crippen LogP contribution in [0.4, 0.5) is 0 Å². The number of carbonyl (C=O) groups is 1. The number of cyclic esters (lactones) is 1. The third-order valence-corrected chi connectivity index (χ3v) is 2.53. The van der Waals surface area contributed by atoms with Gasteiger partial charge in [-0.1, -0.05) is 23.7 Å². The number of hydrogen-bond donors (Lipinski definition) is 1. The van der Waals surface area contributed by atoms with Crippen LogP contribution in [0.3, 0.4) is 0 Å². The predicted molar refractivity (Wildman–Crippen MR) is 56.1 cm³/mol. The molecule has 4 heteroatoms. The van der Waals surface area contributed by atoms with Gasteiger partial charge in [0.1, 0.15) is 11.7 Å². The van der Waals surface area contributed by atoms with Crippen LogP contribution in [0.1, 0.15) is 5.56 Å². The zero-order valence-corrected chi connectivity index (χ0v) is 8.57. The lowest BCUT2D eigenvalue weighted by molar-refractivity contribution is -0.138. The molecule has 0 saturated heterocycles. The fourth-order valence-electron chi connectivity index (χ4n) is 1.40. The molecule has 15 heavy (non-hydrogen) atoms. The first kappa shape index (κ1) is 10.2. The van der Waals surface area contributed by atoms with E-state index in [1.165, 1.54) is 0 Å². The Labute approximate surface area is 91.9 Å². The van der Waals surface area contributed by atoms with Crippen LogP contribution in [0, 0.1) is 5.92 Å². The normalized spacial score (nSPS) is 20.0. The highest BCUT2D eigenvalue weighted by atomic mass is 35.5. The Morgan fingerprint density at radius 3 is 2.73 bits per heavy atom. The van der Waals surface area contributed by atoms with Gasteiger partial charge >= 0.3 is 5.97 Å². The standard InChI is InChI=1S/C11H9ClO3/c12-9-4-2-1-3-8(9)10-5-7(6-13)11(14)15-10/h1-5,7,13H,6H2. The van der Waals surface area contributed by atoms with E-state index >= 15 is 0 Å². The van der Waals surface area contributed by atoms with Crippen LogP contribution in [-0.2, 0) is 9.53 Å². The van der Waals surface area contributed by atoms with Gasteiger partial charge < -0.3 is 9.84 Å². The molecule has 78 valence electrons. The van der Waals surface area contributed by atoms with Gasteiger partial charge in [0.25, 0.3) is 0 Å². The molecule has 0 fully saturated rings. The van der Waals surface area contributed by atoms with Crippen molar-refractivity contribution in [2.45, 2.75) is 0 Å². The number of hydrogen-bond acceptors (Lipinski definition) is 3. The highest BCUT2D eigenvalue weighted by Crippen LogP contribution is 2.30. The van der Waals surface area contributed by atoms with Crippen molar-refractivity contribution >= 4 is 23.3 Å². The molecule has 1 aliphatic rings. The van der Waals surface area contributed by atoms with Gasteiger partial charge in [0, 0.05) is 5.56 Å². The summed E-state index contributed by atoms with van der Waals surface area (Å²) in [5.41, 5.74) is 0.670. The molecule has 1 heterocycles. The lowest BCUT2D eigenvalue weighted by Crippen LogP contribution is -2.11. The van der Waals surface area contributed by atoms with Gasteiger partial charge in [0.2, 0.25) is 0 Å². The number of carbonyl (C=O) groups excluding carboxylic acids is 1. The molecule has 0 aromatic heterocycles. The summed E-state index contributed by atoms with van der Waals surface area (Å²) in [4.78, 5) is 11.2. The summed E-state index contributed by atoms with van der Waals surface area (Å²) in [5.74, 6) is -0.589. The third kappa shape index (κ3) is 1.89. The van der Waals surface area contributed by atoms with E-state index in [0.29, 0.717) is 16.3 Å². The monoisotopic (exact) mass is 224 g/mol. The fraction of sp³-hybridized carbons (Fsp3) is 0.182. The van der Waals surface area contributed by atoms with Crippen LogP contribution in [0.5, 0.6) is 0 Å². The van der Waals surface area contributed by atoms with Gasteiger partial charge in [-0.3, -0.25) is 4.79 Å². The van der Waals surface area contributed by atoms with Gasteiger partial charge in [-0.2, -0.15) is 0 Å². The van der Waals surface area contributed by atoms with Crippen molar-refractivity contribution in [3.8, 4) is 0 Å². The molecule has 0 bridgehead atoms. The zero-order chi connectivity index (χ0) is 10.8. The average molecular weight is 225 g/mol. The maximum absolute atomic E-state index is 11.2. The van der Waals surface area contributed by atoms with Crippen molar-refractivity contribution in [3.05, 3.63) is 40.9 Å². The van der Waals surface area contributed by atoms with Crippen LogP contribution < -0.4 is 0 Å². The lowest BCUT2D eigenvalue weighted by Gasteiger charge is -2.03. The second kappa shape index (κ2) is 4.04. The van der Waals surface area contributed by atoms with E-state index in [0.717, 1.165) is 0 Å². The van der Waals surface area contributed by atoms with Gasteiger partial charge in [0.15, 0.2) is 0 Å². The van der Waals surface area contributed by atoms with Crippen molar-refractivity contribution in [2.75, 3.05) is 6.61 Å². The SMILES string of the molecule is O=C1OC(c2ccccc2Cl)=CC1CO. The van der Waals surface area contributed by atoms with Crippen LogP contribution in [0.15, 0.2) is 30.3 Å². The third-order valence-electron chi connectivity index (χ3n) is 2.20. The number of aliphatic hydroxyl groups excluding tert-OH is 1. The lowest BCUT2D eigenvalue weighted by atomic mass is 10.1. The quantitative estimate of drug-likeness (QED) is 0.780. The minimum absolute atomic E-state index is 0.243. The minimum atomic E-state index is -0.573. The van der Waals surface area contributed by atoms with Gasteiger partial charge in [0.05, 0.1) is 11.6 Å². The van der Waals surface area contributed by atoms with E-state index in [-0.39, 0.29) is 6.61 Å². The highest BCUT2D eigenvalue weighted by Gasteiger charge is 2.27. The van der Waals surface area contributed by atoms with Gasteiger partial charge in [-0.05, 0) is 18.2 Å². The van der Waals surface area contributed by atoms with Crippen molar-refractivity contribution < 1.29 is 14.6 Å². The number of aliphatic hydroxyl groups is 1. The van der Waals surface area contributed by atoms with E-state index < -0.39 is 11.9 Å². The Morgan fingerprint density at radius 1 is 1.40 bits per heavy atom. The summed E-state index contributed by atoms with van der Waals surface area (Å²) in [6, 6.07) is 7.09. The number of esters is 1. The van der Waals surface area contributed by atoms with Crippen LogP contribution in [0.2, 0.25) is 5.02 Å². The summed E-state index contributed by atoms with van der Waals surface area (Å²) in [7, 11) is 0. The molecular formula is C11H9ClO3. The molecule has 1 aliphatic heterocycles. The van der Waals surface area contributed by atoms with Crippen molar-refractivity contribution in [3.63, 3.8) is 0 Å². The molecule has 0 amide bonds. The maximum Gasteiger partial charge on any atom is 0.320 e. The first-order chi connectivity index (χ1) is 7.22. The van der Waals surface area contributed by atoms with E-state index in [1.807, 2.05) is 6.07 Å². The first-order valence-corrected chi connectivity index (χ1v) is 4.89. The largest absolute Gasteiger partial charge is 0.426 e. The van der Waals surface area contributed by atoms with E-state index in [9.17, 15) is 4.79 Å². The van der Waals surface area contributed by atoms with Gasteiger partial charge in [-0.25, -0.2) is 0 Å². The number of rotatable bonds is 2. The molecular weight excluding hydrogens is 216 g/mol. The van der Waals surface area contributed by atoms with Crippen molar-refractivity contribution in [1.29, 1.82) is 0 Å². The molecule has 1 aromatic rings. The Balaban J connectivity index is 2.34. The van der Waals surface area contributed by atoms with Crippen LogP contribution in [-0.4, -0.2) is 17.7 Å². The predicted octanol–water partition coefficient (Wildman–Crippen LogP) is 1.85. The van der Waals surface area contributed by atoms with E-state index in [1.54, 1.807) is 24.3 Å². The Hall–Kier alpha value is -1.32. The molecule has 1 N–H and O–H groups in total. The molecule has 1 atom stereocenters. The van der Waals surface area contributed by atoms with E-state index in [2.05, 4.69) is 0 Å². The molecule has 0 saturated carbocycles. The minimum Gasteiger partial charge on any atom is -0.426 e. The second-order valence-corrected chi connectivity index (χ2v) is 3.63. The summed E-state index contributed by atoms with van der Waals surface area (Å²) in [5, 5.41) is 9.42. The molecule has 1 unspecified atom stereocenters. The maximum atomic E-state index is 11.2. The van der Waals surface area contributed by atoms with Gasteiger partial charge in [-0.15, -0.1) is 0 Å². The molecule has 3 nitrogen and oxygen atoms in total. The first-order valence-electron chi connectivity index (χ1n) is 4.51. The smallest absolute Gasteiger partial charge is 0.320 e. The average Bonchev–Trinajstić information content (AvgIpc) is 2.60. The van der Waals surface area contributed by atoms with Crippen molar-refractivity contribution in [1.82, 2.24) is 0 Å².